The van der Waals surface area contributed by atoms with Crippen molar-refractivity contribution in [1.82, 2.24) is 10.2 Å². The van der Waals surface area contributed by atoms with Crippen molar-refractivity contribution in [3.8, 4) is 0 Å². The van der Waals surface area contributed by atoms with Crippen LogP contribution >= 0.6 is 0 Å². The van der Waals surface area contributed by atoms with Crippen molar-refractivity contribution in [3.05, 3.63) is 29.3 Å². The molecule has 1 unspecified atom stereocenters. The minimum Gasteiger partial charge on any atom is -0.399 e. The Morgan fingerprint density at radius 3 is 2.75 bits per heavy atom. The van der Waals surface area contributed by atoms with Crippen molar-refractivity contribution < 1.29 is 14.4 Å². The van der Waals surface area contributed by atoms with E-state index in [1.54, 1.807) is 25.1 Å². The van der Waals surface area contributed by atoms with Gasteiger partial charge in [0, 0.05) is 24.2 Å². The summed E-state index contributed by atoms with van der Waals surface area (Å²) in [5, 5.41) is 2.31. The van der Waals surface area contributed by atoms with Crippen molar-refractivity contribution in [2.75, 3.05) is 5.73 Å². The molecular formula is C14H15N3O3. The zero-order valence-electron chi connectivity index (χ0n) is 11.1. The minimum atomic E-state index is -0.987. The van der Waals surface area contributed by atoms with Gasteiger partial charge in [-0.15, -0.1) is 0 Å². The number of imide groups is 1. The number of nitrogens with one attached hydrogen (secondary N) is 1. The number of piperidine rings is 1. The molecule has 0 radical (unpaired) electrons. The highest BCUT2D eigenvalue weighted by molar-refractivity contribution is 6.07. The van der Waals surface area contributed by atoms with E-state index in [-0.39, 0.29) is 18.2 Å². The maximum Gasteiger partial charge on any atom is 0.255 e. The summed E-state index contributed by atoms with van der Waals surface area (Å²) >= 11 is 0. The van der Waals surface area contributed by atoms with Gasteiger partial charge in [-0.1, -0.05) is 6.07 Å². The van der Waals surface area contributed by atoms with E-state index >= 15 is 0 Å². The van der Waals surface area contributed by atoms with E-state index in [0.29, 0.717) is 24.2 Å². The Labute approximate surface area is 115 Å². The van der Waals surface area contributed by atoms with Crippen LogP contribution in [0.3, 0.4) is 0 Å². The van der Waals surface area contributed by atoms with E-state index in [4.69, 9.17) is 5.73 Å². The fourth-order valence-electron chi connectivity index (χ4n) is 2.77. The lowest BCUT2D eigenvalue weighted by Gasteiger charge is -2.39. The number of anilines is 1. The Morgan fingerprint density at radius 2 is 2.05 bits per heavy atom. The van der Waals surface area contributed by atoms with E-state index in [1.165, 1.54) is 4.90 Å². The van der Waals surface area contributed by atoms with E-state index < -0.39 is 11.4 Å². The minimum absolute atomic E-state index is 0.209. The average molecular weight is 273 g/mol. The number of amides is 3. The van der Waals surface area contributed by atoms with Crippen LogP contribution in [0.4, 0.5) is 5.69 Å². The molecule has 0 aromatic heterocycles. The summed E-state index contributed by atoms with van der Waals surface area (Å²) in [7, 11) is 0. The molecule has 3 N–H and O–H groups in total. The third kappa shape index (κ3) is 1.68. The number of fused-ring (bicyclic) bond motifs is 1. The summed E-state index contributed by atoms with van der Waals surface area (Å²) < 4.78 is 0. The van der Waals surface area contributed by atoms with Crippen LogP contribution in [0.1, 0.15) is 35.7 Å². The van der Waals surface area contributed by atoms with Gasteiger partial charge in [-0.3, -0.25) is 19.7 Å². The normalized spacial score (nSPS) is 25.6. The number of hydrogen-bond acceptors (Lipinski definition) is 4. The Hall–Kier alpha value is -2.37. The molecule has 1 saturated heterocycles. The van der Waals surface area contributed by atoms with E-state index in [2.05, 4.69) is 5.32 Å². The molecule has 1 aromatic rings. The molecule has 1 aromatic carbocycles. The lowest BCUT2D eigenvalue weighted by Crippen LogP contribution is -2.61. The quantitative estimate of drug-likeness (QED) is 0.573. The van der Waals surface area contributed by atoms with Gasteiger partial charge in [-0.2, -0.15) is 0 Å². The van der Waals surface area contributed by atoms with Crippen molar-refractivity contribution in [2.24, 2.45) is 0 Å². The Balaban J connectivity index is 1.96. The molecular weight excluding hydrogens is 258 g/mol. The molecule has 104 valence electrons. The molecule has 2 heterocycles. The zero-order valence-corrected chi connectivity index (χ0v) is 11.1. The molecule has 6 heteroatoms. The van der Waals surface area contributed by atoms with Gasteiger partial charge in [0.1, 0.15) is 5.54 Å². The molecule has 0 aliphatic carbocycles. The lowest BCUT2D eigenvalue weighted by molar-refractivity contribution is -0.142. The Bertz CT molecular complexity index is 641. The average Bonchev–Trinajstić information content (AvgIpc) is 2.72. The van der Waals surface area contributed by atoms with Gasteiger partial charge < -0.3 is 10.6 Å². The number of nitrogen functional groups attached to an aromatic ring is 1. The Kier molecular flexibility index (Phi) is 2.57. The second-order valence-corrected chi connectivity index (χ2v) is 5.46. The second kappa shape index (κ2) is 4.06. The van der Waals surface area contributed by atoms with Crippen LogP contribution in [0.5, 0.6) is 0 Å². The number of benzene rings is 1. The van der Waals surface area contributed by atoms with Gasteiger partial charge in [-0.05, 0) is 31.0 Å². The summed E-state index contributed by atoms with van der Waals surface area (Å²) in [6.45, 7) is 2.06. The van der Waals surface area contributed by atoms with Crippen LogP contribution in [0.2, 0.25) is 0 Å². The summed E-state index contributed by atoms with van der Waals surface area (Å²) in [5.74, 6) is -0.914. The van der Waals surface area contributed by atoms with Crippen LogP contribution in [0, 0.1) is 0 Å². The molecule has 1 atom stereocenters. The predicted molar refractivity (Wildman–Crippen MR) is 71.5 cm³/mol. The summed E-state index contributed by atoms with van der Waals surface area (Å²) in [4.78, 5) is 37.4. The molecule has 2 aliphatic rings. The highest BCUT2D eigenvalue weighted by Gasteiger charge is 2.48. The van der Waals surface area contributed by atoms with Crippen molar-refractivity contribution in [3.63, 3.8) is 0 Å². The zero-order chi connectivity index (χ0) is 14.5. The first-order valence-electron chi connectivity index (χ1n) is 6.46. The highest BCUT2D eigenvalue weighted by atomic mass is 16.2. The first-order chi connectivity index (χ1) is 9.41. The monoisotopic (exact) mass is 273 g/mol. The van der Waals surface area contributed by atoms with Gasteiger partial charge >= 0.3 is 0 Å². The summed E-state index contributed by atoms with van der Waals surface area (Å²) in [6, 6.07) is 5.17. The lowest BCUT2D eigenvalue weighted by atomic mass is 9.89. The number of carbonyl (C=O) groups excluding carboxylic acids is 3. The van der Waals surface area contributed by atoms with Gasteiger partial charge in [-0.25, -0.2) is 0 Å². The number of nitrogens with two attached hydrogens (primary N) is 1. The van der Waals surface area contributed by atoms with Crippen LogP contribution in [-0.4, -0.2) is 28.2 Å². The van der Waals surface area contributed by atoms with E-state index in [1.807, 2.05) is 0 Å². The fourth-order valence-corrected chi connectivity index (χ4v) is 2.77. The van der Waals surface area contributed by atoms with E-state index in [0.717, 1.165) is 5.56 Å². The second-order valence-electron chi connectivity index (χ2n) is 5.46. The van der Waals surface area contributed by atoms with Gasteiger partial charge in [0.15, 0.2) is 0 Å². The van der Waals surface area contributed by atoms with Crippen molar-refractivity contribution in [1.29, 1.82) is 0 Å². The van der Waals surface area contributed by atoms with Crippen LogP contribution in [-0.2, 0) is 16.1 Å². The van der Waals surface area contributed by atoms with Crippen LogP contribution in [0.15, 0.2) is 18.2 Å². The third-order valence-corrected chi connectivity index (χ3v) is 4.11. The molecule has 3 amide bonds. The molecule has 6 nitrogen and oxygen atoms in total. The molecule has 0 spiro atoms. The SMILES string of the molecule is CC1(N2Cc3ccc(N)cc3C2=O)CCC(=O)NC1=O. The number of carbonyl (C=O) groups is 3. The van der Waals surface area contributed by atoms with Crippen LogP contribution < -0.4 is 11.1 Å². The van der Waals surface area contributed by atoms with E-state index in [9.17, 15) is 14.4 Å². The highest BCUT2D eigenvalue weighted by Crippen LogP contribution is 2.34. The fraction of sp³-hybridized carbons (Fsp3) is 0.357. The molecule has 0 saturated carbocycles. The molecule has 2 aliphatic heterocycles. The molecule has 3 rings (SSSR count). The number of nitrogens with zero attached hydrogens (tertiary/aromatic N) is 1. The van der Waals surface area contributed by atoms with Gasteiger partial charge in [0.25, 0.3) is 11.8 Å². The van der Waals surface area contributed by atoms with Gasteiger partial charge in [0.05, 0.1) is 0 Å². The summed E-state index contributed by atoms with van der Waals surface area (Å²) in [5.41, 5.74) is 6.63. The maximum atomic E-state index is 12.5. The largest absolute Gasteiger partial charge is 0.399 e. The smallest absolute Gasteiger partial charge is 0.255 e. The first-order valence-corrected chi connectivity index (χ1v) is 6.46. The standard InChI is InChI=1S/C14H15N3O3/c1-14(5-4-11(18)16-13(14)20)17-7-8-2-3-9(15)6-10(8)12(17)19/h2-3,6H,4-5,7,15H2,1H3,(H,16,18,20). The maximum absolute atomic E-state index is 12.5. The summed E-state index contributed by atoms with van der Waals surface area (Å²) in [6.07, 6.45) is 0.581. The first kappa shape index (κ1) is 12.7. The Morgan fingerprint density at radius 1 is 1.30 bits per heavy atom. The van der Waals surface area contributed by atoms with Gasteiger partial charge in [0.2, 0.25) is 5.91 Å². The topological polar surface area (TPSA) is 92.5 Å². The third-order valence-electron chi connectivity index (χ3n) is 4.11. The number of rotatable bonds is 1. The van der Waals surface area contributed by atoms with Crippen LogP contribution in [0.25, 0.3) is 0 Å². The predicted octanol–water partition coefficient (Wildman–Crippen LogP) is 0.420. The molecule has 1 fully saturated rings. The van der Waals surface area contributed by atoms with Crippen molar-refractivity contribution in [2.45, 2.75) is 31.8 Å². The molecule has 0 bridgehead atoms. The van der Waals surface area contributed by atoms with Crippen molar-refractivity contribution >= 4 is 23.4 Å². The number of hydrogen-bond donors (Lipinski definition) is 2. The molecule has 20 heavy (non-hydrogen) atoms.